The Hall–Kier alpha value is -0.730. The van der Waals surface area contributed by atoms with Gasteiger partial charge in [-0.1, -0.05) is 18.2 Å². The number of benzene rings is 1. The summed E-state index contributed by atoms with van der Waals surface area (Å²) in [5.41, 5.74) is 1.33. The first kappa shape index (κ1) is 11.3. The first-order valence-corrected chi connectivity index (χ1v) is 4.73. The first-order chi connectivity index (χ1) is 6.31. The summed E-state index contributed by atoms with van der Waals surface area (Å²) in [5.74, 6) is 1.05. The van der Waals surface area contributed by atoms with Gasteiger partial charge < -0.3 is 10.1 Å². The number of ether oxygens (including phenoxy) is 1. The van der Waals surface area contributed by atoms with Crippen molar-refractivity contribution >= 4 is 12.4 Å². The van der Waals surface area contributed by atoms with E-state index >= 15 is 0 Å². The van der Waals surface area contributed by atoms with E-state index < -0.39 is 0 Å². The maximum absolute atomic E-state index is 5.80. The molecule has 0 fully saturated rings. The molecule has 1 aromatic rings. The molecule has 3 heteroatoms. The molecule has 2 atom stereocenters. The van der Waals surface area contributed by atoms with Crippen molar-refractivity contribution in [3.05, 3.63) is 29.8 Å². The lowest BCUT2D eigenvalue weighted by atomic mass is 10.1. The normalized spacial score (nSPS) is 20.6. The van der Waals surface area contributed by atoms with Crippen molar-refractivity contribution in [3.63, 3.8) is 0 Å². The minimum absolute atomic E-state index is 0. The maximum atomic E-state index is 5.80. The second-order valence-electron chi connectivity index (χ2n) is 3.55. The van der Waals surface area contributed by atoms with Gasteiger partial charge in [0.1, 0.15) is 11.9 Å². The number of fused-ring (bicyclic) bond motifs is 1. The van der Waals surface area contributed by atoms with Crippen molar-refractivity contribution < 1.29 is 4.74 Å². The molecular formula is C11H16ClNO. The van der Waals surface area contributed by atoms with Crippen LogP contribution in [0.25, 0.3) is 0 Å². The quantitative estimate of drug-likeness (QED) is 0.812. The molecule has 0 aliphatic carbocycles. The highest BCUT2D eigenvalue weighted by atomic mass is 35.5. The summed E-state index contributed by atoms with van der Waals surface area (Å²) in [6.07, 6.45) is 1.32. The largest absolute Gasteiger partial charge is 0.488 e. The van der Waals surface area contributed by atoms with E-state index in [0.717, 1.165) is 12.2 Å². The third-order valence-electron chi connectivity index (χ3n) is 2.69. The zero-order valence-electron chi connectivity index (χ0n) is 8.49. The molecule has 1 heterocycles. The number of hydrogen-bond donors (Lipinski definition) is 1. The average molecular weight is 214 g/mol. The van der Waals surface area contributed by atoms with Crippen molar-refractivity contribution in [1.82, 2.24) is 5.32 Å². The average Bonchev–Trinajstić information content (AvgIpc) is 2.59. The monoisotopic (exact) mass is 213 g/mol. The van der Waals surface area contributed by atoms with Crippen LogP contribution >= 0.6 is 12.4 Å². The van der Waals surface area contributed by atoms with Gasteiger partial charge >= 0.3 is 0 Å². The minimum Gasteiger partial charge on any atom is -0.488 e. The molecule has 0 aromatic heterocycles. The molecule has 0 saturated carbocycles. The molecule has 14 heavy (non-hydrogen) atoms. The van der Waals surface area contributed by atoms with Crippen LogP contribution in [0.3, 0.4) is 0 Å². The number of hydrogen-bond acceptors (Lipinski definition) is 2. The molecule has 0 spiro atoms. The molecule has 2 nitrogen and oxygen atoms in total. The van der Waals surface area contributed by atoms with Crippen molar-refractivity contribution in [2.75, 3.05) is 7.05 Å². The lowest BCUT2D eigenvalue weighted by molar-refractivity contribution is 0.191. The third kappa shape index (κ3) is 2.02. The number of nitrogens with one attached hydrogen (secondary N) is 1. The predicted molar refractivity (Wildman–Crippen MR) is 60.3 cm³/mol. The van der Waals surface area contributed by atoms with Gasteiger partial charge in [-0.2, -0.15) is 0 Å². The zero-order valence-corrected chi connectivity index (χ0v) is 9.30. The van der Waals surface area contributed by atoms with E-state index in [-0.39, 0.29) is 12.4 Å². The second kappa shape index (κ2) is 4.67. The Kier molecular flexibility index (Phi) is 3.78. The molecule has 0 saturated heterocycles. The van der Waals surface area contributed by atoms with Crippen LogP contribution in [0.1, 0.15) is 12.5 Å². The number of rotatable bonds is 2. The molecule has 2 unspecified atom stereocenters. The fraction of sp³-hybridized carbons (Fsp3) is 0.455. The number of para-hydroxylation sites is 1. The Labute approximate surface area is 91.1 Å². The molecule has 1 aromatic carbocycles. The van der Waals surface area contributed by atoms with Gasteiger partial charge in [0.2, 0.25) is 0 Å². The Balaban J connectivity index is 0.000000980. The van der Waals surface area contributed by atoms with Crippen molar-refractivity contribution in [3.8, 4) is 5.75 Å². The molecule has 0 radical (unpaired) electrons. The Morgan fingerprint density at radius 2 is 2.14 bits per heavy atom. The van der Waals surface area contributed by atoms with Crippen LogP contribution in [0, 0.1) is 0 Å². The van der Waals surface area contributed by atoms with Crippen LogP contribution in [0.2, 0.25) is 0 Å². The molecule has 1 aliphatic rings. The predicted octanol–water partition coefficient (Wildman–Crippen LogP) is 2.02. The van der Waals surface area contributed by atoms with Crippen LogP contribution in [-0.2, 0) is 6.42 Å². The summed E-state index contributed by atoms with van der Waals surface area (Å²) in [7, 11) is 1.97. The fourth-order valence-corrected chi connectivity index (χ4v) is 1.67. The Morgan fingerprint density at radius 1 is 1.43 bits per heavy atom. The number of halogens is 1. The number of likely N-dealkylation sites (N-methyl/N-ethyl adjacent to an activating group) is 1. The second-order valence-corrected chi connectivity index (χ2v) is 3.55. The lowest BCUT2D eigenvalue weighted by Crippen LogP contribution is -2.37. The van der Waals surface area contributed by atoms with Gasteiger partial charge in [-0.25, -0.2) is 0 Å². The fourth-order valence-electron chi connectivity index (χ4n) is 1.67. The van der Waals surface area contributed by atoms with Crippen LogP contribution < -0.4 is 10.1 Å². The van der Waals surface area contributed by atoms with E-state index in [1.54, 1.807) is 0 Å². The smallest absolute Gasteiger partial charge is 0.123 e. The summed E-state index contributed by atoms with van der Waals surface area (Å²) >= 11 is 0. The molecule has 0 amide bonds. The van der Waals surface area contributed by atoms with Crippen molar-refractivity contribution in [2.24, 2.45) is 0 Å². The molecule has 0 bridgehead atoms. The molecule has 1 aliphatic heterocycles. The molecular weight excluding hydrogens is 198 g/mol. The standard InChI is InChI=1S/C11H15NO.ClH/c1-8(12-2)11-7-9-5-3-4-6-10(9)13-11;/h3-6,8,11-12H,7H2,1-2H3;1H. The Bertz CT molecular complexity index is 278. The van der Waals surface area contributed by atoms with Gasteiger partial charge in [-0.3, -0.25) is 0 Å². The van der Waals surface area contributed by atoms with Crippen molar-refractivity contribution in [1.29, 1.82) is 0 Å². The minimum atomic E-state index is 0. The maximum Gasteiger partial charge on any atom is 0.123 e. The van der Waals surface area contributed by atoms with Gasteiger partial charge in [-0.15, -0.1) is 12.4 Å². The molecule has 1 N–H and O–H groups in total. The summed E-state index contributed by atoms with van der Waals surface area (Å²) < 4.78 is 5.80. The van der Waals surface area contributed by atoms with Crippen molar-refractivity contribution in [2.45, 2.75) is 25.5 Å². The van der Waals surface area contributed by atoms with E-state index in [2.05, 4.69) is 24.4 Å². The van der Waals surface area contributed by atoms with E-state index in [9.17, 15) is 0 Å². The molecule has 2 rings (SSSR count). The van der Waals surface area contributed by atoms with E-state index in [1.807, 2.05) is 19.2 Å². The van der Waals surface area contributed by atoms with Crippen LogP contribution in [0.15, 0.2) is 24.3 Å². The zero-order chi connectivity index (χ0) is 9.26. The summed E-state index contributed by atoms with van der Waals surface area (Å²) in [6.45, 7) is 2.15. The summed E-state index contributed by atoms with van der Waals surface area (Å²) in [4.78, 5) is 0. The summed E-state index contributed by atoms with van der Waals surface area (Å²) in [5, 5.41) is 3.22. The highest BCUT2D eigenvalue weighted by Gasteiger charge is 2.26. The van der Waals surface area contributed by atoms with E-state index in [0.29, 0.717) is 12.1 Å². The first-order valence-electron chi connectivity index (χ1n) is 4.73. The van der Waals surface area contributed by atoms with Crippen LogP contribution in [-0.4, -0.2) is 19.2 Å². The SMILES string of the molecule is CNC(C)C1Cc2ccccc2O1.Cl. The van der Waals surface area contributed by atoms with Crippen LogP contribution in [0.4, 0.5) is 0 Å². The lowest BCUT2D eigenvalue weighted by Gasteiger charge is -2.17. The van der Waals surface area contributed by atoms with Gasteiger partial charge in [0.25, 0.3) is 0 Å². The van der Waals surface area contributed by atoms with Crippen LogP contribution in [0.5, 0.6) is 5.75 Å². The van der Waals surface area contributed by atoms with Gasteiger partial charge in [0.05, 0.1) is 0 Å². The highest BCUT2D eigenvalue weighted by molar-refractivity contribution is 5.85. The molecule has 78 valence electrons. The highest BCUT2D eigenvalue weighted by Crippen LogP contribution is 2.29. The Morgan fingerprint density at radius 3 is 2.79 bits per heavy atom. The topological polar surface area (TPSA) is 21.3 Å². The third-order valence-corrected chi connectivity index (χ3v) is 2.69. The van der Waals surface area contributed by atoms with Gasteiger partial charge in [-0.05, 0) is 25.6 Å². The van der Waals surface area contributed by atoms with Gasteiger partial charge in [0.15, 0.2) is 0 Å². The van der Waals surface area contributed by atoms with Gasteiger partial charge in [0, 0.05) is 12.5 Å². The summed E-state index contributed by atoms with van der Waals surface area (Å²) in [6, 6.07) is 8.67. The van der Waals surface area contributed by atoms with E-state index in [4.69, 9.17) is 4.74 Å². The van der Waals surface area contributed by atoms with E-state index in [1.165, 1.54) is 5.56 Å².